The summed E-state index contributed by atoms with van der Waals surface area (Å²) in [5.41, 5.74) is 6.86. The number of nitrogens with zero attached hydrogens (tertiary/aromatic N) is 1. The second kappa shape index (κ2) is 9.80. The number of benzene rings is 1. The zero-order valence-corrected chi connectivity index (χ0v) is 16.8. The van der Waals surface area contributed by atoms with Gasteiger partial charge in [0.1, 0.15) is 11.9 Å². The van der Waals surface area contributed by atoms with E-state index in [0.717, 1.165) is 51.6 Å². The van der Waals surface area contributed by atoms with Gasteiger partial charge in [-0.15, -0.1) is 0 Å². The molecule has 2 aliphatic rings. The van der Waals surface area contributed by atoms with E-state index < -0.39 is 0 Å². The van der Waals surface area contributed by atoms with Gasteiger partial charge in [-0.1, -0.05) is 13.3 Å². The molecule has 1 aromatic carbocycles. The molecule has 0 atom stereocenters. The van der Waals surface area contributed by atoms with Crippen LogP contribution in [0.4, 0.5) is 5.69 Å². The highest BCUT2D eigenvalue weighted by atomic mass is 16.5. The smallest absolute Gasteiger partial charge is 0.338 e. The molecule has 154 valence electrons. The van der Waals surface area contributed by atoms with Crippen molar-refractivity contribution in [1.29, 1.82) is 0 Å². The van der Waals surface area contributed by atoms with Crippen LogP contribution in [0.1, 0.15) is 68.6 Å². The van der Waals surface area contributed by atoms with Gasteiger partial charge in [0.25, 0.3) is 0 Å². The molecular formula is C22H32N2O4. The van der Waals surface area contributed by atoms with Crippen molar-refractivity contribution in [2.45, 2.75) is 64.4 Å². The molecule has 28 heavy (non-hydrogen) atoms. The summed E-state index contributed by atoms with van der Waals surface area (Å²) < 4.78 is 11.3. The summed E-state index contributed by atoms with van der Waals surface area (Å²) in [7, 11) is 0. The van der Waals surface area contributed by atoms with Crippen molar-refractivity contribution in [3.63, 3.8) is 0 Å². The minimum Gasteiger partial charge on any atom is -0.491 e. The molecule has 2 fully saturated rings. The number of nitrogen functional groups attached to an aromatic ring is 1. The molecule has 1 heterocycles. The molecule has 0 bridgehead atoms. The molecule has 0 unspecified atom stereocenters. The molecule has 1 saturated carbocycles. The molecule has 0 spiro atoms. The van der Waals surface area contributed by atoms with E-state index in [4.69, 9.17) is 15.2 Å². The van der Waals surface area contributed by atoms with E-state index in [9.17, 15) is 9.59 Å². The number of nitrogens with two attached hydrogens (primary N) is 1. The van der Waals surface area contributed by atoms with Crippen LogP contribution in [0.5, 0.6) is 5.75 Å². The number of likely N-dealkylation sites (tertiary alicyclic amines) is 1. The Bertz CT molecular complexity index is 677. The Hall–Kier alpha value is -2.24. The van der Waals surface area contributed by atoms with Crippen LogP contribution >= 0.6 is 0 Å². The number of amides is 1. The predicted octanol–water partition coefficient (Wildman–Crippen LogP) is 3.79. The fraction of sp³-hybridized carbons (Fsp3) is 0.636. The maximum absolute atomic E-state index is 12.4. The second-order valence-electron chi connectivity index (χ2n) is 8.08. The summed E-state index contributed by atoms with van der Waals surface area (Å²) in [6.45, 7) is 4.12. The molecule has 6 nitrogen and oxygen atoms in total. The molecule has 1 aliphatic carbocycles. The van der Waals surface area contributed by atoms with E-state index in [2.05, 4.69) is 6.92 Å². The van der Waals surface area contributed by atoms with Crippen molar-refractivity contribution >= 4 is 17.6 Å². The molecule has 6 heteroatoms. The first-order chi connectivity index (χ1) is 13.5. The number of carbonyl (C=O) groups is 2. The van der Waals surface area contributed by atoms with E-state index in [0.29, 0.717) is 29.3 Å². The Morgan fingerprint density at radius 3 is 2.54 bits per heavy atom. The van der Waals surface area contributed by atoms with E-state index in [-0.39, 0.29) is 24.6 Å². The average Bonchev–Trinajstić information content (AvgIpc) is 2.70. The summed E-state index contributed by atoms with van der Waals surface area (Å²) in [5, 5.41) is 0. The fourth-order valence-electron chi connectivity index (χ4n) is 3.85. The van der Waals surface area contributed by atoms with Crippen LogP contribution in [0.2, 0.25) is 0 Å². The van der Waals surface area contributed by atoms with E-state index >= 15 is 0 Å². The zero-order chi connectivity index (χ0) is 19.9. The van der Waals surface area contributed by atoms with Gasteiger partial charge in [0.05, 0.1) is 24.3 Å². The van der Waals surface area contributed by atoms with Gasteiger partial charge in [0.15, 0.2) is 0 Å². The Balaban J connectivity index is 1.50. The average molecular weight is 389 g/mol. The highest BCUT2D eigenvalue weighted by molar-refractivity contribution is 5.90. The third kappa shape index (κ3) is 5.63. The van der Waals surface area contributed by atoms with Crippen LogP contribution in [0.3, 0.4) is 0 Å². The lowest BCUT2D eigenvalue weighted by Crippen LogP contribution is -2.38. The van der Waals surface area contributed by atoms with Crippen molar-refractivity contribution in [2.24, 2.45) is 5.92 Å². The summed E-state index contributed by atoms with van der Waals surface area (Å²) >= 11 is 0. The van der Waals surface area contributed by atoms with E-state index in [1.54, 1.807) is 18.2 Å². The number of hydrogen-bond donors (Lipinski definition) is 1. The van der Waals surface area contributed by atoms with Crippen LogP contribution < -0.4 is 10.5 Å². The molecule has 1 aromatic rings. The van der Waals surface area contributed by atoms with Gasteiger partial charge in [0.2, 0.25) is 5.91 Å². The Morgan fingerprint density at radius 2 is 1.82 bits per heavy atom. The first-order valence-electron chi connectivity index (χ1n) is 10.5. The number of esters is 1. The molecule has 1 aliphatic heterocycles. The van der Waals surface area contributed by atoms with Crippen LogP contribution in [0, 0.1) is 5.92 Å². The van der Waals surface area contributed by atoms with Crippen molar-refractivity contribution in [1.82, 2.24) is 4.90 Å². The monoisotopic (exact) mass is 388 g/mol. The minimum absolute atomic E-state index is 0.00746. The Kier molecular flexibility index (Phi) is 7.18. The van der Waals surface area contributed by atoms with Gasteiger partial charge in [-0.05, 0) is 62.6 Å². The van der Waals surface area contributed by atoms with Gasteiger partial charge >= 0.3 is 5.97 Å². The Labute approximate surface area is 167 Å². The first-order valence-corrected chi connectivity index (χ1v) is 10.5. The van der Waals surface area contributed by atoms with Crippen molar-refractivity contribution in [3.05, 3.63) is 23.8 Å². The van der Waals surface area contributed by atoms with Gasteiger partial charge in [-0.25, -0.2) is 4.79 Å². The maximum atomic E-state index is 12.4. The van der Waals surface area contributed by atoms with Gasteiger partial charge in [0, 0.05) is 13.1 Å². The van der Waals surface area contributed by atoms with Gasteiger partial charge in [-0.2, -0.15) is 0 Å². The lowest BCUT2D eigenvalue weighted by molar-refractivity contribution is -0.133. The highest BCUT2D eigenvalue weighted by Gasteiger charge is 2.21. The lowest BCUT2D eigenvalue weighted by Gasteiger charge is -2.30. The normalized spacial score (nSPS) is 18.7. The summed E-state index contributed by atoms with van der Waals surface area (Å²) in [6.07, 6.45) is 7.73. The predicted molar refractivity (Wildman–Crippen MR) is 108 cm³/mol. The maximum Gasteiger partial charge on any atom is 0.338 e. The van der Waals surface area contributed by atoms with Gasteiger partial charge < -0.3 is 20.1 Å². The number of hydrogen-bond acceptors (Lipinski definition) is 5. The zero-order valence-electron chi connectivity index (χ0n) is 16.8. The van der Waals surface area contributed by atoms with Crippen molar-refractivity contribution in [2.75, 3.05) is 25.4 Å². The molecule has 0 radical (unpaired) electrons. The molecule has 0 aromatic heterocycles. The fourth-order valence-corrected chi connectivity index (χ4v) is 3.85. The molecule has 1 amide bonds. The largest absolute Gasteiger partial charge is 0.491 e. The molecular weight excluding hydrogens is 356 g/mol. The Morgan fingerprint density at radius 1 is 1.11 bits per heavy atom. The van der Waals surface area contributed by atoms with Crippen molar-refractivity contribution in [3.8, 4) is 5.75 Å². The van der Waals surface area contributed by atoms with Crippen molar-refractivity contribution < 1.29 is 19.1 Å². The third-order valence-electron chi connectivity index (χ3n) is 5.79. The number of anilines is 1. The summed E-state index contributed by atoms with van der Waals surface area (Å²) in [6, 6.07) is 4.93. The second-order valence-corrected chi connectivity index (χ2v) is 8.08. The number of rotatable bonds is 6. The topological polar surface area (TPSA) is 81.9 Å². The van der Waals surface area contributed by atoms with Gasteiger partial charge in [-0.3, -0.25) is 4.79 Å². The SMILES string of the molecule is CC1CCN(C(=O)CCOc2cc(C(=O)OC3CCCCC3)ccc2N)CC1. The quantitative estimate of drug-likeness (QED) is 0.592. The molecule has 1 saturated heterocycles. The summed E-state index contributed by atoms with van der Waals surface area (Å²) in [4.78, 5) is 26.6. The van der Waals surface area contributed by atoms with Crippen LogP contribution in [-0.4, -0.2) is 42.6 Å². The highest BCUT2D eigenvalue weighted by Crippen LogP contribution is 2.26. The molecule has 2 N–H and O–H groups in total. The lowest BCUT2D eigenvalue weighted by atomic mass is 9.98. The van der Waals surface area contributed by atoms with Crippen LogP contribution in [0.15, 0.2) is 18.2 Å². The van der Waals surface area contributed by atoms with Crippen LogP contribution in [0.25, 0.3) is 0 Å². The standard InChI is InChI=1S/C22H32N2O4/c1-16-9-12-24(13-10-16)21(25)11-14-27-20-15-17(7-8-19(20)23)22(26)28-18-5-3-2-4-6-18/h7-8,15-16,18H,2-6,9-14,23H2,1H3. The number of carbonyl (C=O) groups excluding carboxylic acids is 2. The molecule has 3 rings (SSSR count). The summed E-state index contributed by atoms with van der Waals surface area (Å²) in [5.74, 6) is 0.892. The third-order valence-corrected chi connectivity index (χ3v) is 5.79. The minimum atomic E-state index is -0.338. The van der Waals surface area contributed by atoms with Crippen LogP contribution in [-0.2, 0) is 9.53 Å². The number of piperidine rings is 1. The number of ether oxygens (including phenoxy) is 2. The van der Waals surface area contributed by atoms with E-state index in [1.165, 1.54) is 6.42 Å². The first kappa shape index (κ1) is 20.5. The van der Waals surface area contributed by atoms with E-state index in [1.807, 2.05) is 4.90 Å².